The first-order valence-electron chi connectivity index (χ1n) is 11.5. The molecule has 1 aromatic carbocycles. The second-order valence-corrected chi connectivity index (χ2v) is 8.78. The fraction of sp³-hybridized carbons (Fsp3) is 0.360. The molecule has 0 radical (unpaired) electrons. The van der Waals surface area contributed by atoms with E-state index >= 15 is 0 Å². The van der Waals surface area contributed by atoms with Crippen LogP contribution < -0.4 is 16.8 Å². The van der Waals surface area contributed by atoms with Crippen molar-refractivity contribution in [3.63, 3.8) is 0 Å². The average molecular weight is 479 g/mol. The highest BCUT2D eigenvalue weighted by Gasteiger charge is 2.51. The van der Waals surface area contributed by atoms with Gasteiger partial charge in [0.25, 0.3) is 0 Å². The van der Waals surface area contributed by atoms with Crippen LogP contribution in [-0.2, 0) is 21.5 Å². The van der Waals surface area contributed by atoms with Gasteiger partial charge in [-0.2, -0.15) is 0 Å². The molecule has 35 heavy (non-hydrogen) atoms. The van der Waals surface area contributed by atoms with E-state index in [4.69, 9.17) is 11.5 Å². The van der Waals surface area contributed by atoms with E-state index < -0.39 is 5.41 Å². The number of carbonyl (C=O) groups is 2. The Balaban J connectivity index is 1.60. The fourth-order valence-corrected chi connectivity index (χ4v) is 4.28. The zero-order chi connectivity index (χ0) is 25.0. The first-order chi connectivity index (χ1) is 16.9. The van der Waals surface area contributed by atoms with Crippen LogP contribution in [0.15, 0.2) is 47.2 Å². The van der Waals surface area contributed by atoms with E-state index in [1.54, 1.807) is 18.5 Å². The van der Waals surface area contributed by atoms with Crippen LogP contribution in [0.25, 0.3) is 6.08 Å². The van der Waals surface area contributed by atoms with Gasteiger partial charge in [-0.05, 0) is 42.2 Å². The summed E-state index contributed by atoms with van der Waals surface area (Å²) in [5.41, 5.74) is 15.1. The normalized spacial score (nSPS) is 15.9. The molecule has 4 rings (SSSR count). The number of anilines is 1. The molecule has 184 valence electrons. The van der Waals surface area contributed by atoms with Gasteiger partial charge in [-0.3, -0.25) is 14.6 Å². The number of aromatic nitrogens is 1. The van der Waals surface area contributed by atoms with Gasteiger partial charge >= 0.3 is 0 Å². The van der Waals surface area contributed by atoms with Crippen LogP contribution in [-0.4, -0.2) is 64.1 Å². The molecule has 2 amide bonds. The highest BCUT2D eigenvalue weighted by Crippen LogP contribution is 2.50. The maximum atomic E-state index is 13.2. The van der Waals surface area contributed by atoms with E-state index in [1.165, 1.54) is 4.90 Å². The third kappa shape index (κ3) is 5.24. The monoisotopic (exact) mass is 478 g/mol. The van der Waals surface area contributed by atoms with Crippen molar-refractivity contribution in [1.82, 2.24) is 9.88 Å². The SMILES string of the molecule is NCc1cncc(NC(=O)C2(c3ccc4c(c3)N=C(N)CC(C(=O)N(CCO)CCO)=C4)CC2)c1. The van der Waals surface area contributed by atoms with Crippen molar-refractivity contribution >= 4 is 35.1 Å². The number of nitrogens with one attached hydrogen (secondary N) is 1. The van der Waals surface area contributed by atoms with Crippen molar-refractivity contribution in [2.45, 2.75) is 31.2 Å². The summed E-state index contributed by atoms with van der Waals surface area (Å²) in [6.07, 6.45) is 6.55. The minimum atomic E-state index is -0.661. The highest BCUT2D eigenvalue weighted by molar-refractivity contribution is 6.06. The van der Waals surface area contributed by atoms with Crippen molar-refractivity contribution in [3.05, 3.63) is 58.9 Å². The van der Waals surface area contributed by atoms with Gasteiger partial charge in [-0.25, -0.2) is 4.99 Å². The lowest BCUT2D eigenvalue weighted by Crippen LogP contribution is -2.37. The summed E-state index contributed by atoms with van der Waals surface area (Å²) in [5, 5.41) is 21.5. The molecule has 0 unspecified atom stereocenters. The molecule has 10 heteroatoms. The molecular weight excluding hydrogens is 448 g/mol. The molecule has 1 aliphatic heterocycles. The highest BCUT2D eigenvalue weighted by atomic mass is 16.3. The molecule has 1 aromatic heterocycles. The molecule has 7 N–H and O–H groups in total. The molecule has 2 aromatic rings. The summed E-state index contributed by atoms with van der Waals surface area (Å²) in [5.74, 6) is -0.156. The second-order valence-electron chi connectivity index (χ2n) is 8.78. The summed E-state index contributed by atoms with van der Waals surface area (Å²) in [6.45, 7) is 0.141. The Kier molecular flexibility index (Phi) is 7.25. The van der Waals surface area contributed by atoms with Gasteiger partial charge in [0.2, 0.25) is 11.8 Å². The van der Waals surface area contributed by atoms with Gasteiger partial charge in [0.15, 0.2) is 0 Å². The van der Waals surface area contributed by atoms with Crippen LogP contribution in [0.3, 0.4) is 0 Å². The van der Waals surface area contributed by atoms with Gasteiger partial charge in [0, 0.05) is 43.4 Å². The second kappa shape index (κ2) is 10.3. The van der Waals surface area contributed by atoms with Crippen molar-refractivity contribution in [1.29, 1.82) is 0 Å². The van der Waals surface area contributed by atoms with E-state index in [9.17, 15) is 19.8 Å². The Hall–Kier alpha value is -3.60. The van der Waals surface area contributed by atoms with Gasteiger partial charge in [-0.1, -0.05) is 12.1 Å². The number of carbonyl (C=O) groups excluding carboxylic acids is 2. The smallest absolute Gasteiger partial charge is 0.250 e. The Morgan fingerprint density at radius 1 is 1.11 bits per heavy atom. The summed E-state index contributed by atoms with van der Waals surface area (Å²) in [6, 6.07) is 7.39. The average Bonchev–Trinajstić information content (AvgIpc) is 3.67. The van der Waals surface area contributed by atoms with E-state index in [-0.39, 0.29) is 50.4 Å². The molecule has 1 aliphatic carbocycles. The third-order valence-corrected chi connectivity index (χ3v) is 6.32. The molecule has 2 heterocycles. The number of amides is 2. The number of rotatable bonds is 9. The molecule has 10 nitrogen and oxygen atoms in total. The number of aliphatic imine (C=N–C) groups is 1. The number of nitrogens with zero attached hydrogens (tertiary/aromatic N) is 3. The molecule has 1 fully saturated rings. The van der Waals surface area contributed by atoms with Crippen LogP contribution in [0, 0.1) is 0 Å². The zero-order valence-electron chi connectivity index (χ0n) is 19.4. The van der Waals surface area contributed by atoms with Crippen LogP contribution in [0.1, 0.15) is 36.0 Å². The number of aliphatic hydroxyl groups excluding tert-OH is 2. The number of hydrogen-bond acceptors (Lipinski definition) is 8. The van der Waals surface area contributed by atoms with Crippen molar-refractivity contribution in [2.24, 2.45) is 16.5 Å². The number of benzene rings is 1. The van der Waals surface area contributed by atoms with Gasteiger partial charge in [-0.15, -0.1) is 0 Å². The third-order valence-electron chi connectivity index (χ3n) is 6.32. The number of fused-ring (bicyclic) bond motifs is 1. The summed E-state index contributed by atoms with van der Waals surface area (Å²) in [4.78, 5) is 36.2. The lowest BCUT2D eigenvalue weighted by molar-refractivity contribution is -0.128. The number of amidine groups is 1. The molecule has 0 saturated heterocycles. The molecule has 1 saturated carbocycles. The Morgan fingerprint density at radius 3 is 2.51 bits per heavy atom. The van der Waals surface area contributed by atoms with E-state index in [0.29, 0.717) is 41.9 Å². The van der Waals surface area contributed by atoms with Crippen LogP contribution in [0.2, 0.25) is 0 Å². The molecule has 0 bridgehead atoms. The maximum Gasteiger partial charge on any atom is 0.250 e. The van der Waals surface area contributed by atoms with Crippen molar-refractivity contribution in [3.8, 4) is 0 Å². The van der Waals surface area contributed by atoms with Crippen LogP contribution >= 0.6 is 0 Å². The van der Waals surface area contributed by atoms with Crippen LogP contribution in [0.4, 0.5) is 11.4 Å². The maximum absolute atomic E-state index is 13.2. The minimum absolute atomic E-state index is 0.112. The quantitative estimate of drug-likeness (QED) is 0.355. The molecule has 2 aliphatic rings. The summed E-state index contributed by atoms with van der Waals surface area (Å²) < 4.78 is 0. The lowest BCUT2D eigenvalue weighted by atomic mass is 9.92. The zero-order valence-corrected chi connectivity index (χ0v) is 19.4. The molecule has 0 atom stereocenters. The Morgan fingerprint density at radius 2 is 1.86 bits per heavy atom. The first-order valence-corrected chi connectivity index (χ1v) is 11.5. The number of nitrogens with two attached hydrogens (primary N) is 2. The predicted octanol–water partition coefficient (Wildman–Crippen LogP) is 0.800. The first kappa shape index (κ1) is 24.5. The summed E-state index contributed by atoms with van der Waals surface area (Å²) >= 11 is 0. The van der Waals surface area contributed by atoms with Gasteiger partial charge in [0.05, 0.1) is 36.2 Å². The van der Waals surface area contributed by atoms with E-state index in [2.05, 4.69) is 15.3 Å². The lowest BCUT2D eigenvalue weighted by Gasteiger charge is -2.22. The standard InChI is InChI=1S/C25H30N6O4/c26-13-16-9-20(15-28-14-16)29-24(35)25(3-4-25)19-2-1-17-10-18(11-22(27)30-21(17)12-19)23(34)31(5-7-32)6-8-33/h1-2,9-10,12,14-15,32-33H,3-8,11,13,26H2,(H2,27,30)(H,29,35). The predicted molar refractivity (Wildman–Crippen MR) is 133 cm³/mol. The number of pyridine rings is 1. The largest absolute Gasteiger partial charge is 0.395 e. The topological polar surface area (TPSA) is 167 Å². The number of aliphatic hydroxyl groups is 2. The van der Waals surface area contributed by atoms with Crippen molar-refractivity contribution < 1.29 is 19.8 Å². The Labute approximate surface area is 203 Å². The summed E-state index contributed by atoms with van der Waals surface area (Å²) in [7, 11) is 0. The molecular formula is C25H30N6O4. The van der Waals surface area contributed by atoms with E-state index in [1.807, 2.05) is 24.3 Å². The van der Waals surface area contributed by atoms with Crippen LogP contribution in [0.5, 0.6) is 0 Å². The van der Waals surface area contributed by atoms with E-state index in [0.717, 1.165) is 11.1 Å². The van der Waals surface area contributed by atoms with Gasteiger partial charge in [0.1, 0.15) is 5.84 Å². The molecule has 0 spiro atoms. The fourth-order valence-electron chi connectivity index (χ4n) is 4.28. The minimum Gasteiger partial charge on any atom is -0.395 e. The Bertz CT molecular complexity index is 1180. The van der Waals surface area contributed by atoms with Gasteiger partial charge < -0.3 is 31.9 Å². The van der Waals surface area contributed by atoms with Crippen molar-refractivity contribution in [2.75, 3.05) is 31.6 Å². The number of hydrogen-bond donors (Lipinski definition) is 5.